The summed E-state index contributed by atoms with van der Waals surface area (Å²) in [7, 11) is 0. The molecular weight excluding hydrogens is 302 g/mol. The van der Waals surface area contributed by atoms with E-state index in [-0.39, 0.29) is 12.6 Å². The average molecular weight is 319 g/mol. The molecule has 5 nitrogen and oxygen atoms in total. The minimum Gasteiger partial charge on any atom is -0.460 e. The normalized spacial score (nSPS) is 10.2. The maximum atomic E-state index is 11.8. The molecule has 24 heavy (non-hydrogen) atoms. The lowest BCUT2D eigenvalue weighted by molar-refractivity contribution is 0.0520. The Balaban J connectivity index is 1.46. The molecule has 120 valence electrons. The summed E-state index contributed by atoms with van der Waals surface area (Å²) < 4.78 is 5.21. The highest BCUT2D eigenvalue weighted by Gasteiger charge is 2.05. The molecule has 0 aliphatic heterocycles. The van der Waals surface area contributed by atoms with Crippen LogP contribution in [0.4, 0.5) is 5.82 Å². The Hall–Kier alpha value is -3.21. The third-order valence-electron chi connectivity index (χ3n) is 3.43. The SMILES string of the molecule is O=C(OCCNc1ccc(-c2ccncc2)cn1)c1ccccc1. The van der Waals surface area contributed by atoms with Crippen LogP contribution in [0, 0.1) is 0 Å². The fourth-order valence-electron chi connectivity index (χ4n) is 2.19. The van der Waals surface area contributed by atoms with Crippen LogP contribution in [0.15, 0.2) is 73.2 Å². The summed E-state index contributed by atoms with van der Waals surface area (Å²) in [6.45, 7) is 0.779. The van der Waals surface area contributed by atoms with Gasteiger partial charge in [0.15, 0.2) is 0 Å². The summed E-state index contributed by atoms with van der Waals surface area (Å²) in [6, 6.07) is 16.7. The number of nitrogens with one attached hydrogen (secondary N) is 1. The van der Waals surface area contributed by atoms with Crippen LogP contribution in [0.25, 0.3) is 11.1 Å². The summed E-state index contributed by atoms with van der Waals surface area (Å²) >= 11 is 0. The van der Waals surface area contributed by atoms with E-state index in [1.54, 1.807) is 30.7 Å². The monoisotopic (exact) mass is 319 g/mol. The number of rotatable bonds is 6. The number of hydrogen-bond donors (Lipinski definition) is 1. The molecule has 0 spiro atoms. The standard InChI is InChI=1S/C19H17N3O2/c23-19(16-4-2-1-3-5-16)24-13-12-21-18-7-6-17(14-22-18)15-8-10-20-11-9-15/h1-11,14H,12-13H2,(H,21,22). The predicted octanol–water partition coefficient (Wildman–Crippen LogP) is 3.41. The van der Waals surface area contributed by atoms with Crippen LogP contribution in [-0.2, 0) is 4.74 Å². The first-order chi connectivity index (χ1) is 11.8. The molecule has 2 aromatic heterocycles. The smallest absolute Gasteiger partial charge is 0.338 e. The molecule has 3 rings (SSSR count). The Morgan fingerprint density at radius 2 is 1.75 bits per heavy atom. The van der Waals surface area contributed by atoms with E-state index in [1.165, 1.54) is 0 Å². The minimum absolute atomic E-state index is 0.279. The maximum Gasteiger partial charge on any atom is 0.338 e. The number of nitrogens with zero attached hydrogens (tertiary/aromatic N) is 2. The Morgan fingerprint density at radius 3 is 2.46 bits per heavy atom. The van der Waals surface area contributed by atoms with Crippen molar-refractivity contribution in [3.63, 3.8) is 0 Å². The van der Waals surface area contributed by atoms with Gasteiger partial charge in [0.2, 0.25) is 0 Å². The number of esters is 1. The second kappa shape index (κ2) is 7.87. The minimum atomic E-state index is -0.321. The zero-order chi connectivity index (χ0) is 16.6. The number of pyridine rings is 2. The molecule has 1 N–H and O–H groups in total. The average Bonchev–Trinajstić information content (AvgIpc) is 2.67. The molecule has 0 radical (unpaired) electrons. The molecule has 0 aliphatic carbocycles. The van der Waals surface area contributed by atoms with E-state index in [4.69, 9.17) is 4.74 Å². The van der Waals surface area contributed by atoms with E-state index >= 15 is 0 Å². The molecule has 2 heterocycles. The largest absolute Gasteiger partial charge is 0.460 e. The number of benzene rings is 1. The highest BCUT2D eigenvalue weighted by molar-refractivity contribution is 5.89. The quantitative estimate of drug-likeness (QED) is 0.557. The van der Waals surface area contributed by atoms with Gasteiger partial charge in [-0.2, -0.15) is 0 Å². The van der Waals surface area contributed by atoms with Crippen LogP contribution >= 0.6 is 0 Å². The van der Waals surface area contributed by atoms with Gasteiger partial charge in [-0.15, -0.1) is 0 Å². The molecule has 0 saturated heterocycles. The fraction of sp³-hybridized carbons (Fsp3) is 0.105. The van der Waals surface area contributed by atoms with Crippen molar-refractivity contribution in [2.24, 2.45) is 0 Å². The number of hydrogen-bond acceptors (Lipinski definition) is 5. The van der Waals surface area contributed by atoms with Crippen molar-refractivity contribution in [1.29, 1.82) is 0 Å². The topological polar surface area (TPSA) is 64.1 Å². The molecule has 0 aliphatic rings. The van der Waals surface area contributed by atoms with Crippen LogP contribution in [0.1, 0.15) is 10.4 Å². The summed E-state index contributed by atoms with van der Waals surface area (Å²) in [4.78, 5) is 20.1. The molecule has 0 atom stereocenters. The lowest BCUT2D eigenvalue weighted by Gasteiger charge is -2.08. The number of aromatic nitrogens is 2. The Bertz CT molecular complexity index is 775. The van der Waals surface area contributed by atoms with Crippen molar-refractivity contribution < 1.29 is 9.53 Å². The van der Waals surface area contributed by atoms with E-state index in [1.807, 2.05) is 42.5 Å². The maximum absolute atomic E-state index is 11.8. The van der Waals surface area contributed by atoms with Gasteiger partial charge in [0, 0.05) is 24.2 Å². The first kappa shape index (κ1) is 15.7. The number of carbonyl (C=O) groups is 1. The number of carbonyl (C=O) groups excluding carboxylic acids is 1. The van der Waals surface area contributed by atoms with Crippen LogP contribution in [0.2, 0.25) is 0 Å². The first-order valence-corrected chi connectivity index (χ1v) is 7.65. The van der Waals surface area contributed by atoms with Gasteiger partial charge in [0.25, 0.3) is 0 Å². The fourth-order valence-corrected chi connectivity index (χ4v) is 2.19. The van der Waals surface area contributed by atoms with Crippen molar-refractivity contribution in [3.8, 4) is 11.1 Å². The summed E-state index contributed by atoms with van der Waals surface area (Å²) in [5.74, 6) is 0.418. The second-order valence-electron chi connectivity index (χ2n) is 5.10. The zero-order valence-electron chi connectivity index (χ0n) is 13.1. The van der Waals surface area contributed by atoms with E-state index < -0.39 is 0 Å². The Kier molecular flexibility index (Phi) is 5.14. The highest BCUT2D eigenvalue weighted by Crippen LogP contribution is 2.18. The molecule has 3 aromatic rings. The Labute approximate surface area is 140 Å². The molecule has 0 amide bonds. The summed E-state index contributed by atoms with van der Waals surface area (Å²) in [5, 5.41) is 3.13. The van der Waals surface area contributed by atoms with E-state index in [0.717, 1.165) is 16.9 Å². The molecule has 0 unspecified atom stereocenters. The molecule has 1 aromatic carbocycles. The molecule has 0 fully saturated rings. The first-order valence-electron chi connectivity index (χ1n) is 7.65. The molecule has 5 heteroatoms. The molecule has 0 saturated carbocycles. The van der Waals surface area contributed by atoms with Crippen LogP contribution in [0.5, 0.6) is 0 Å². The van der Waals surface area contributed by atoms with Crippen molar-refractivity contribution in [2.45, 2.75) is 0 Å². The van der Waals surface area contributed by atoms with Gasteiger partial charge < -0.3 is 10.1 Å². The van der Waals surface area contributed by atoms with Gasteiger partial charge in [-0.3, -0.25) is 4.98 Å². The molecule has 0 bridgehead atoms. The molecular formula is C19H17N3O2. The lowest BCUT2D eigenvalue weighted by Crippen LogP contribution is -2.14. The van der Waals surface area contributed by atoms with Crippen molar-refractivity contribution in [1.82, 2.24) is 9.97 Å². The van der Waals surface area contributed by atoms with Gasteiger partial charge in [-0.1, -0.05) is 18.2 Å². The second-order valence-corrected chi connectivity index (χ2v) is 5.10. The van der Waals surface area contributed by atoms with Gasteiger partial charge in [-0.25, -0.2) is 9.78 Å². The van der Waals surface area contributed by atoms with Crippen LogP contribution in [-0.4, -0.2) is 29.1 Å². The Morgan fingerprint density at radius 1 is 0.958 bits per heavy atom. The van der Waals surface area contributed by atoms with Gasteiger partial charge in [-0.05, 0) is 42.0 Å². The van der Waals surface area contributed by atoms with E-state index in [0.29, 0.717) is 12.1 Å². The summed E-state index contributed by atoms with van der Waals surface area (Å²) in [6.07, 6.45) is 5.30. The predicted molar refractivity (Wildman–Crippen MR) is 92.7 cm³/mol. The zero-order valence-corrected chi connectivity index (χ0v) is 13.1. The van der Waals surface area contributed by atoms with E-state index in [2.05, 4.69) is 15.3 Å². The van der Waals surface area contributed by atoms with Crippen molar-refractivity contribution in [2.75, 3.05) is 18.5 Å². The van der Waals surface area contributed by atoms with Gasteiger partial charge >= 0.3 is 5.97 Å². The number of ether oxygens (including phenoxy) is 1. The van der Waals surface area contributed by atoms with Crippen molar-refractivity contribution >= 4 is 11.8 Å². The number of anilines is 1. The van der Waals surface area contributed by atoms with Gasteiger partial charge in [0.05, 0.1) is 12.1 Å². The lowest BCUT2D eigenvalue weighted by atomic mass is 10.1. The van der Waals surface area contributed by atoms with Crippen molar-refractivity contribution in [3.05, 3.63) is 78.8 Å². The third kappa shape index (κ3) is 4.16. The van der Waals surface area contributed by atoms with Crippen LogP contribution < -0.4 is 5.32 Å². The summed E-state index contributed by atoms with van der Waals surface area (Å²) in [5.41, 5.74) is 2.65. The van der Waals surface area contributed by atoms with Gasteiger partial charge in [0.1, 0.15) is 12.4 Å². The third-order valence-corrected chi connectivity index (χ3v) is 3.43. The van der Waals surface area contributed by atoms with Crippen LogP contribution in [0.3, 0.4) is 0 Å². The van der Waals surface area contributed by atoms with E-state index in [9.17, 15) is 4.79 Å². The highest BCUT2D eigenvalue weighted by atomic mass is 16.5.